The number of nitrogens with two attached hydrogens (primary N) is 2. The van der Waals surface area contributed by atoms with Crippen molar-refractivity contribution in [3.63, 3.8) is 0 Å². The minimum absolute atomic E-state index is 0.186. The lowest BCUT2D eigenvalue weighted by atomic mass is 10.2. The SMILES string of the molecule is C=C(N)/N=C(NCCCC)\C(=C/N)OCc1ccc2ccccc2n1. The average Bonchev–Trinajstić information content (AvgIpc) is 2.61. The fourth-order valence-corrected chi connectivity index (χ4v) is 2.24. The highest BCUT2D eigenvalue weighted by Crippen LogP contribution is 2.13. The molecule has 0 unspecified atom stereocenters. The smallest absolute Gasteiger partial charge is 0.177 e. The molecule has 2 rings (SSSR count). The van der Waals surface area contributed by atoms with Crippen molar-refractivity contribution in [2.45, 2.75) is 26.4 Å². The van der Waals surface area contributed by atoms with Crippen molar-refractivity contribution in [1.82, 2.24) is 10.3 Å². The van der Waals surface area contributed by atoms with Crippen LogP contribution in [-0.4, -0.2) is 17.4 Å². The van der Waals surface area contributed by atoms with Gasteiger partial charge in [0.15, 0.2) is 11.6 Å². The standard InChI is InChI=1S/C19H25N5O/c1-3-4-11-22-19(23-14(2)21)18(12-20)25-13-16-10-9-15-7-5-6-8-17(15)24-16/h5-10,12H,2-4,11,13,20-21H2,1H3,(H,22,23)/b18-12+. The van der Waals surface area contributed by atoms with Crippen molar-refractivity contribution in [2.75, 3.05) is 6.54 Å². The van der Waals surface area contributed by atoms with E-state index in [0.29, 0.717) is 11.6 Å². The van der Waals surface area contributed by atoms with Gasteiger partial charge < -0.3 is 21.5 Å². The number of hydrogen-bond acceptors (Lipinski definition) is 5. The largest absolute Gasteiger partial charge is 0.482 e. The molecule has 25 heavy (non-hydrogen) atoms. The first kappa shape index (κ1) is 18.3. The summed E-state index contributed by atoms with van der Waals surface area (Å²) >= 11 is 0. The number of para-hydroxylation sites is 1. The van der Waals surface area contributed by atoms with Crippen LogP contribution in [0.5, 0.6) is 0 Å². The van der Waals surface area contributed by atoms with Gasteiger partial charge in [-0.3, -0.25) is 0 Å². The number of hydrogen-bond donors (Lipinski definition) is 3. The molecular formula is C19H25N5O. The van der Waals surface area contributed by atoms with Crippen LogP contribution in [0.2, 0.25) is 0 Å². The van der Waals surface area contributed by atoms with Crippen molar-refractivity contribution in [1.29, 1.82) is 0 Å². The molecule has 0 aliphatic heterocycles. The Balaban J connectivity index is 2.09. The minimum Gasteiger partial charge on any atom is -0.482 e. The molecule has 5 N–H and O–H groups in total. The molecule has 2 aromatic rings. The maximum Gasteiger partial charge on any atom is 0.177 e. The lowest BCUT2D eigenvalue weighted by Gasteiger charge is -2.14. The number of aliphatic imine (C=N–C) groups is 1. The molecule has 0 saturated heterocycles. The molecule has 132 valence electrons. The molecule has 6 heteroatoms. The number of unbranched alkanes of at least 4 members (excludes halogenated alkanes) is 1. The minimum atomic E-state index is 0.186. The molecule has 0 fully saturated rings. The van der Waals surface area contributed by atoms with Crippen LogP contribution in [0.15, 0.2) is 65.7 Å². The average molecular weight is 339 g/mol. The van der Waals surface area contributed by atoms with Crippen molar-refractivity contribution < 1.29 is 4.74 Å². The Labute approximate surface area is 148 Å². The Morgan fingerprint density at radius 3 is 2.84 bits per heavy atom. The molecule has 6 nitrogen and oxygen atoms in total. The van der Waals surface area contributed by atoms with Crippen LogP contribution in [0.4, 0.5) is 0 Å². The molecule has 0 amide bonds. The zero-order chi connectivity index (χ0) is 18.1. The summed E-state index contributed by atoms with van der Waals surface area (Å²) in [6.07, 6.45) is 3.43. The van der Waals surface area contributed by atoms with Gasteiger partial charge in [0.1, 0.15) is 12.4 Å². The summed E-state index contributed by atoms with van der Waals surface area (Å²) in [6.45, 7) is 6.74. The Morgan fingerprint density at radius 1 is 1.32 bits per heavy atom. The second kappa shape index (κ2) is 9.32. The fourth-order valence-electron chi connectivity index (χ4n) is 2.24. The summed E-state index contributed by atoms with van der Waals surface area (Å²) in [5.41, 5.74) is 13.0. The van der Waals surface area contributed by atoms with Gasteiger partial charge >= 0.3 is 0 Å². The lowest BCUT2D eigenvalue weighted by Crippen LogP contribution is -2.28. The van der Waals surface area contributed by atoms with E-state index in [1.165, 1.54) is 6.20 Å². The van der Waals surface area contributed by atoms with E-state index in [0.717, 1.165) is 36.0 Å². The summed E-state index contributed by atoms with van der Waals surface area (Å²) in [5.74, 6) is 1.08. The van der Waals surface area contributed by atoms with E-state index >= 15 is 0 Å². The predicted octanol–water partition coefficient (Wildman–Crippen LogP) is 2.77. The van der Waals surface area contributed by atoms with E-state index in [1.807, 2.05) is 36.4 Å². The molecular weight excluding hydrogens is 314 g/mol. The molecule has 0 bridgehead atoms. The van der Waals surface area contributed by atoms with E-state index in [9.17, 15) is 0 Å². The van der Waals surface area contributed by atoms with Gasteiger partial charge in [-0.1, -0.05) is 44.2 Å². The molecule has 0 spiro atoms. The first-order chi connectivity index (χ1) is 12.1. The summed E-state index contributed by atoms with van der Waals surface area (Å²) in [4.78, 5) is 8.76. The molecule has 0 radical (unpaired) electrons. The van der Waals surface area contributed by atoms with E-state index in [4.69, 9.17) is 16.2 Å². The maximum absolute atomic E-state index is 5.80. The molecule has 0 aliphatic carbocycles. The number of ether oxygens (including phenoxy) is 1. The highest BCUT2D eigenvalue weighted by molar-refractivity contribution is 5.97. The number of benzene rings is 1. The fraction of sp³-hybridized carbons (Fsp3) is 0.263. The van der Waals surface area contributed by atoms with Gasteiger partial charge in [0.05, 0.1) is 11.2 Å². The van der Waals surface area contributed by atoms with Crippen LogP contribution in [0.1, 0.15) is 25.5 Å². The third-order valence-corrected chi connectivity index (χ3v) is 3.49. The summed E-state index contributed by atoms with van der Waals surface area (Å²) in [7, 11) is 0. The summed E-state index contributed by atoms with van der Waals surface area (Å²) in [6, 6.07) is 11.9. The zero-order valence-corrected chi connectivity index (χ0v) is 14.5. The van der Waals surface area contributed by atoms with Crippen LogP contribution in [0.25, 0.3) is 10.9 Å². The highest BCUT2D eigenvalue weighted by Gasteiger charge is 2.09. The first-order valence-corrected chi connectivity index (χ1v) is 8.30. The number of aromatic nitrogens is 1. The zero-order valence-electron chi connectivity index (χ0n) is 14.5. The van der Waals surface area contributed by atoms with Gasteiger partial charge in [0, 0.05) is 18.1 Å². The molecule has 0 atom stereocenters. The van der Waals surface area contributed by atoms with Crippen molar-refractivity contribution in [3.05, 3.63) is 66.5 Å². The van der Waals surface area contributed by atoms with E-state index in [1.54, 1.807) is 0 Å². The monoisotopic (exact) mass is 339 g/mol. The van der Waals surface area contributed by atoms with E-state index in [-0.39, 0.29) is 12.4 Å². The number of rotatable bonds is 8. The van der Waals surface area contributed by atoms with Gasteiger partial charge in [-0.05, 0) is 18.6 Å². The number of pyridine rings is 1. The van der Waals surface area contributed by atoms with Crippen molar-refractivity contribution in [3.8, 4) is 0 Å². The Hall–Kier alpha value is -3.02. The van der Waals surface area contributed by atoms with Gasteiger partial charge in [0.25, 0.3) is 0 Å². The van der Waals surface area contributed by atoms with Gasteiger partial charge in [-0.2, -0.15) is 0 Å². The number of nitrogens with one attached hydrogen (secondary N) is 1. The summed E-state index contributed by atoms with van der Waals surface area (Å²) < 4.78 is 5.80. The van der Waals surface area contributed by atoms with Crippen LogP contribution in [0.3, 0.4) is 0 Å². The van der Waals surface area contributed by atoms with Gasteiger partial charge in [0.2, 0.25) is 0 Å². The van der Waals surface area contributed by atoms with Gasteiger partial charge in [-0.25, -0.2) is 9.98 Å². The number of fused-ring (bicyclic) bond motifs is 1. The maximum atomic E-state index is 5.80. The van der Waals surface area contributed by atoms with Crippen LogP contribution in [-0.2, 0) is 11.3 Å². The lowest BCUT2D eigenvalue weighted by molar-refractivity contribution is 0.212. The van der Waals surface area contributed by atoms with Crippen molar-refractivity contribution >= 4 is 16.7 Å². The van der Waals surface area contributed by atoms with Crippen molar-refractivity contribution in [2.24, 2.45) is 16.5 Å². The van der Waals surface area contributed by atoms with Crippen LogP contribution in [0, 0.1) is 0 Å². The quantitative estimate of drug-likeness (QED) is 0.297. The van der Waals surface area contributed by atoms with Crippen LogP contribution < -0.4 is 16.8 Å². The third-order valence-electron chi connectivity index (χ3n) is 3.49. The Morgan fingerprint density at radius 2 is 2.12 bits per heavy atom. The second-order valence-electron chi connectivity index (χ2n) is 5.55. The number of nitrogens with zero attached hydrogens (tertiary/aromatic N) is 2. The number of amidine groups is 1. The van der Waals surface area contributed by atoms with E-state index < -0.39 is 0 Å². The second-order valence-corrected chi connectivity index (χ2v) is 5.55. The molecule has 0 aliphatic rings. The highest BCUT2D eigenvalue weighted by atomic mass is 16.5. The molecule has 1 aromatic heterocycles. The topological polar surface area (TPSA) is 98.5 Å². The third kappa shape index (κ3) is 5.53. The Kier molecular flexibility index (Phi) is 6.83. The summed E-state index contributed by atoms with van der Waals surface area (Å²) in [5, 5.41) is 4.27. The Bertz CT molecular complexity index is 782. The molecule has 1 aromatic carbocycles. The van der Waals surface area contributed by atoms with E-state index in [2.05, 4.69) is 28.8 Å². The predicted molar refractivity (Wildman–Crippen MR) is 102 cm³/mol. The van der Waals surface area contributed by atoms with Gasteiger partial charge in [-0.15, -0.1) is 0 Å². The molecule has 1 heterocycles. The van der Waals surface area contributed by atoms with Crippen LogP contribution >= 0.6 is 0 Å². The molecule has 0 saturated carbocycles. The normalized spacial score (nSPS) is 12.2. The first-order valence-electron chi connectivity index (χ1n) is 8.30.